The Bertz CT molecular complexity index is 459. The highest BCUT2D eigenvalue weighted by atomic mass is 16.5. The third-order valence-electron chi connectivity index (χ3n) is 3.84. The lowest BCUT2D eigenvalue weighted by Crippen LogP contribution is -2.21. The van der Waals surface area contributed by atoms with Gasteiger partial charge in [-0.3, -0.25) is 0 Å². The van der Waals surface area contributed by atoms with Gasteiger partial charge in [0.15, 0.2) is 0 Å². The Morgan fingerprint density at radius 1 is 1.30 bits per heavy atom. The maximum absolute atomic E-state index is 5.92. The number of hydrogen-bond donors (Lipinski definition) is 1. The summed E-state index contributed by atoms with van der Waals surface area (Å²) in [5.41, 5.74) is 0. The second-order valence-corrected chi connectivity index (χ2v) is 5.50. The van der Waals surface area contributed by atoms with Gasteiger partial charge in [0.1, 0.15) is 11.6 Å². The predicted molar refractivity (Wildman–Crippen MR) is 82.1 cm³/mol. The first kappa shape index (κ1) is 14.8. The molecule has 0 radical (unpaired) electrons. The molecule has 1 N–H and O–H groups in total. The number of rotatable bonds is 6. The van der Waals surface area contributed by atoms with Crippen molar-refractivity contribution in [2.75, 3.05) is 19.0 Å². The fourth-order valence-corrected chi connectivity index (χ4v) is 2.44. The van der Waals surface area contributed by atoms with Crippen LogP contribution in [0.2, 0.25) is 0 Å². The van der Waals surface area contributed by atoms with Crippen LogP contribution in [-0.4, -0.2) is 23.6 Å². The van der Waals surface area contributed by atoms with E-state index in [-0.39, 0.29) is 0 Å². The summed E-state index contributed by atoms with van der Waals surface area (Å²) >= 11 is 0. The molecule has 2 unspecified atom stereocenters. The van der Waals surface area contributed by atoms with Crippen molar-refractivity contribution in [1.82, 2.24) is 9.97 Å². The molecule has 0 amide bonds. The molecule has 1 aliphatic carbocycles. The molecule has 0 aliphatic heterocycles. The maximum atomic E-state index is 5.92. The highest BCUT2D eigenvalue weighted by molar-refractivity contribution is 5.37. The fourth-order valence-electron chi connectivity index (χ4n) is 2.44. The van der Waals surface area contributed by atoms with Crippen molar-refractivity contribution in [3.8, 4) is 5.88 Å². The van der Waals surface area contributed by atoms with Gasteiger partial charge >= 0.3 is 0 Å². The van der Waals surface area contributed by atoms with Gasteiger partial charge < -0.3 is 10.1 Å². The molecule has 0 fully saturated rings. The number of nitrogens with zero attached hydrogens (tertiary/aromatic N) is 2. The lowest BCUT2D eigenvalue weighted by atomic mass is 9.85. The average molecular weight is 275 g/mol. The second kappa shape index (κ2) is 7.27. The molecule has 2 rings (SSSR count). The predicted octanol–water partition coefficient (Wildman–Crippen LogP) is 3.45. The first-order valence-corrected chi connectivity index (χ1v) is 7.56. The molecule has 20 heavy (non-hydrogen) atoms. The van der Waals surface area contributed by atoms with E-state index in [4.69, 9.17) is 4.74 Å². The van der Waals surface area contributed by atoms with E-state index in [1.54, 1.807) is 0 Å². The van der Waals surface area contributed by atoms with Gasteiger partial charge in [-0.1, -0.05) is 26.0 Å². The highest BCUT2D eigenvalue weighted by Gasteiger charge is 2.19. The van der Waals surface area contributed by atoms with E-state index in [1.165, 1.54) is 0 Å². The maximum Gasteiger partial charge on any atom is 0.218 e. The van der Waals surface area contributed by atoms with E-state index in [1.807, 2.05) is 13.1 Å². The standard InChI is InChI=1S/C16H25N3O/c1-4-7-14-18-15(17-3)10-16(19-14)20-11-13-9-6-5-8-12(13)2/h5-6,10,12-13H,4,7-9,11H2,1-3H3,(H,17,18,19). The van der Waals surface area contributed by atoms with Gasteiger partial charge in [0.25, 0.3) is 0 Å². The van der Waals surface area contributed by atoms with Crippen LogP contribution in [0.25, 0.3) is 0 Å². The zero-order valence-corrected chi connectivity index (χ0v) is 12.7. The SMILES string of the molecule is CCCc1nc(NC)cc(OCC2CC=CCC2C)n1. The third kappa shape index (κ3) is 3.95. The topological polar surface area (TPSA) is 47.0 Å². The molecule has 1 aromatic heterocycles. The Labute approximate surface area is 121 Å². The van der Waals surface area contributed by atoms with Crippen molar-refractivity contribution in [2.24, 2.45) is 11.8 Å². The van der Waals surface area contributed by atoms with Crippen molar-refractivity contribution in [3.63, 3.8) is 0 Å². The summed E-state index contributed by atoms with van der Waals surface area (Å²) in [6, 6.07) is 1.88. The number of aromatic nitrogens is 2. The molecule has 1 aromatic rings. The Morgan fingerprint density at radius 3 is 2.80 bits per heavy atom. The molecule has 4 heteroatoms. The molecule has 110 valence electrons. The lowest BCUT2D eigenvalue weighted by molar-refractivity contribution is 0.192. The third-order valence-corrected chi connectivity index (χ3v) is 3.84. The van der Waals surface area contributed by atoms with Crippen LogP contribution in [0, 0.1) is 11.8 Å². The summed E-state index contributed by atoms with van der Waals surface area (Å²) in [6.07, 6.45) is 8.71. The second-order valence-electron chi connectivity index (χ2n) is 5.50. The summed E-state index contributed by atoms with van der Waals surface area (Å²) in [5, 5.41) is 3.07. The summed E-state index contributed by atoms with van der Waals surface area (Å²) in [6.45, 7) is 5.16. The number of ether oxygens (including phenoxy) is 1. The van der Waals surface area contributed by atoms with Crippen LogP contribution in [0.5, 0.6) is 5.88 Å². The van der Waals surface area contributed by atoms with Crippen LogP contribution < -0.4 is 10.1 Å². The molecule has 0 aromatic carbocycles. The Morgan fingerprint density at radius 2 is 2.10 bits per heavy atom. The van der Waals surface area contributed by atoms with Gasteiger partial charge in [-0.05, 0) is 31.1 Å². The monoisotopic (exact) mass is 275 g/mol. The van der Waals surface area contributed by atoms with Gasteiger partial charge in [0, 0.05) is 19.5 Å². The van der Waals surface area contributed by atoms with Crippen LogP contribution in [0.1, 0.15) is 38.9 Å². The fraction of sp³-hybridized carbons (Fsp3) is 0.625. The van der Waals surface area contributed by atoms with Crippen LogP contribution >= 0.6 is 0 Å². The minimum Gasteiger partial charge on any atom is -0.477 e. The van der Waals surface area contributed by atoms with Crippen molar-refractivity contribution in [3.05, 3.63) is 24.0 Å². The number of allylic oxidation sites excluding steroid dienone is 2. The average Bonchev–Trinajstić information content (AvgIpc) is 2.46. The van der Waals surface area contributed by atoms with E-state index in [0.29, 0.717) is 17.7 Å². The van der Waals surface area contributed by atoms with Crippen molar-refractivity contribution in [2.45, 2.75) is 39.5 Å². The molecule has 0 saturated heterocycles. The number of anilines is 1. The summed E-state index contributed by atoms with van der Waals surface area (Å²) in [7, 11) is 1.87. The van der Waals surface area contributed by atoms with E-state index in [9.17, 15) is 0 Å². The molecule has 0 saturated carbocycles. The van der Waals surface area contributed by atoms with Gasteiger partial charge in [-0.15, -0.1) is 0 Å². The number of nitrogens with one attached hydrogen (secondary N) is 1. The van der Waals surface area contributed by atoms with Gasteiger partial charge in [0.2, 0.25) is 5.88 Å². The smallest absolute Gasteiger partial charge is 0.218 e. The van der Waals surface area contributed by atoms with E-state index in [2.05, 4.69) is 41.3 Å². The Kier molecular flexibility index (Phi) is 5.39. The first-order valence-electron chi connectivity index (χ1n) is 7.56. The zero-order chi connectivity index (χ0) is 14.4. The minimum absolute atomic E-state index is 0.586. The quantitative estimate of drug-likeness (QED) is 0.808. The van der Waals surface area contributed by atoms with E-state index >= 15 is 0 Å². The molecule has 2 atom stereocenters. The molecule has 1 heterocycles. The van der Waals surface area contributed by atoms with Crippen LogP contribution in [0.4, 0.5) is 5.82 Å². The summed E-state index contributed by atoms with van der Waals surface area (Å²) < 4.78 is 5.92. The van der Waals surface area contributed by atoms with Crippen molar-refractivity contribution < 1.29 is 4.74 Å². The molecule has 0 spiro atoms. The highest BCUT2D eigenvalue weighted by Crippen LogP contribution is 2.26. The largest absolute Gasteiger partial charge is 0.477 e. The van der Waals surface area contributed by atoms with Crippen molar-refractivity contribution in [1.29, 1.82) is 0 Å². The Hall–Kier alpha value is -1.58. The van der Waals surface area contributed by atoms with Crippen LogP contribution in [0.3, 0.4) is 0 Å². The molecule has 1 aliphatic rings. The number of aryl methyl sites for hydroxylation is 1. The van der Waals surface area contributed by atoms with Crippen LogP contribution in [-0.2, 0) is 6.42 Å². The van der Waals surface area contributed by atoms with Crippen molar-refractivity contribution >= 4 is 5.82 Å². The summed E-state index contributed by atoms with van der Waals surface area (Å²) in [5.74, 6) is 3.64. The molecular weight excluding hydrogens is 250 g/mol. The Balaban J connectivity index is 2.00. The molecule has 0 bridgehead atoms. The molecular formula is C16H25N3O. The zero-order valence-electron chi connectivity index (χ0n) is 12.7. The van der Waals surface area contributed by atoms with E-state index < -0.39 is 0 Å². The summed E-state index contributed by atoms with van der Waals surface area (Å²) in [4.78, 5) is 8.93. The number of hydrogen-bond acceptors (Lipinski definition) is 4. The van der Waals surface area contributed by atoms with Gasteiger partial charge in [0.05, 0.1) is 6.61 Å². The van der Waals surface area contributed by atoms with Gasteiger partial charge in [-0.25, -0.2) is 4.98 Å². The lowest BCUT2D eigenvalue weighted by Gasteiger charge is -2.25. The first-order chi connectivity index (χ1) is 9.72. The molecule has 4 nitrogen and oxygen atoms in total. The minimum atomic E-state index is 0.586. The van der Waals surface area contributed by atoms with E-state index in [0.717, 1.165) is 43.9 Å². The normalized spacial score (nSPS) is 21.8. The van der Waals surface area contributed by atoms with Crippen LogP contribution in [0.15, 0.2) is 18.2 Å². The van der Waals surface area contributed by atoms with Gasteiger partial charge in [-0.2, -0.15) is 4.98 Å².